The first-order chi connectivity index (χ1) is 11.1. The van der Waals surface area contributed by atoms with E-state index in [0.29, 0.717) is 25.7 Å². The van der Waals surface area contributed by atoms with Gasteiger partial charge in [0.2, 0.25) is 5.91 Å². The minimum Gasteiger partial charge on any atom is -0.481 e. The van der Waals surface area contributed by atoms with Crippen molar-refractivity contribution in [2.45, 2.75) is 25.7 Å². The minimum absolute atomic E-state index is 0.103. The van der Waals surface area contributed by atoms with Gasteiger partial charge in [0.1, 0.15) is 0 Å². The van der Waals surface area contributed by atoms with Crippen molar-refractivity contribution in [1.82, 2.24) is 10.3 Å². The minimum atomic E-state index is -0.810. The van der Waals surface area contributed by atoms with Gasteiger partial charge in [-0.3, -0.25) is 9.59 Å². The van der Waals surface area contributed by atoms with Crippen molar-refractivity contribution in [1.29, 1.82) is 0 Å². The molecule has 120 valence electrons. The third-order valence-electron chi connectivity index (χ3n) is 4.38. The number of nitrogens with one attached hydrogen (secondary N) is 2. The highest BCUT2D eigenvalue weighted by atomic mass is 16.4. The number of carboxylic acid groups (broad SMARTS) is 1. The zero-order valence-electron chi connectivity index (χ0n) is 12.8. The topological polar surface area (TPSA) is 82.2 Å². The van der Waals surface area contributed by atoms with Crippen molar-refractivity contribution >= 4 is 11.9 Å². The first-order valence-corrected chi connectivity index (χ1v) is 7.82. The van der Waals surface area contributed by atoms with E-state index in [1.165, 1.54) is 0 Å². The Morgan fingerprint density at radius 1 is 1.13 bits per heavy atom. The molecule has 1 saturated carbocycles. The van der Waals surface area contributed by atoms with E-state index >= 15 is 0 Å². The van der Waals surface area contributed by atoms with Gasteiger partial charge in [0.15, 0.2) is 0 Å². The quantitative estimate of drug-likeness (QED) is 0.735. The molecule has 5 nitrogen and oxygen atoms in total. The summed E-state index contributed by atoms with van der Waals surface area (Å²) in [6, 6.07) is 14.0. The number of rotatable bonds is 7. The highest BCUT2D eigenvalue weighted by Gasteiger charge is 2.50. The van der Waals surface area contributed by atoms with Crippen LogP contribution in [0.2, 0.25) is 0 Å². The van der Waals surface area contributed by atoms with Gasteiger partial charge in [-0.2, -0.15) is 0 Å². The monoisotopic (exact) mass is 312 g/mol. The Labute approximate surface area is 134 Å². The Balaban J connectivity index is 1.48. The Morgan fingerprint density at radius 2 is 1.87 bits per heavy atom. The summed E-state index contributed by atoms with van der Waals surface area (Å²) in [7, 11) is 0. The van der Waals surface area contributed by atoms with Gasteiger partial charge in [0, 0.05) is 24.4 Å². The van der Waals surface area contributed by atoms with Crippen LogP contribution in [-0.2, 0) is 16.0 Å². The van der Waals surface area contributed by atoms with Crippen molar-refractivity contribution in [2.75, 3.05) is 6.54 Å². The normalized spacial score (nSPS) is 15.1. The number of amides is 1. The number of hydrogen-bond donors (Lipinski definition) is 3. The fourth-order valence-corrected chi connectivity index (χ4v) is 2.59. The lowest BCUT2D eigenvalue weighted by Crippen LogP contribution is -2.34. The number of benzene rings is 1. The maximum atomic E-state index is 11.9. The highest BCUT2D eigenvalue weighted by molar-refractivity contribution is 5.81. The van der Waals surface area contributed by atoms with E-state index in [4.69, 9.17) is 5.11 Å². The third-order valence-corrected chi connectivity index (χ3v) is 4.38. The summed E-state index contributed by atoms with van der Waals surface area (Å²) in [6.45, 7) is 0.237. The number of hydrogen-bond acceptors (Lipinski definition) is 2. The lowest BCUT2D eigenvalue weighted by Gasteiger charge is -2.10. The zero-order chi connectivity index (χ0) is 16.3. The van der Waals surface area contributed by atoms with Crippen molar-refractivity contribution in [3.05, 3.63) is 48.2 Å². The number of H-pyrrole nitrogens is 1. The van der Waals surface area contributed by atoms with E-state index in [1.54, 1.807) is 0 Å². The summed E-state index contributed by atoms with van der Waals surface area (Å²) in [6.07, 6.45) is 2.27. The lowest BCUT2D eigenvalue weighted by atomic mass is 10.1. The number of aromatic amines is 1. The van der Waals surface area contributed by atoms with E-state index in [1.807, 2.05) is 42.5 Å². The van der Waals surface area contributed by atoms with Crippen molar-refractivity contribution in [2.24, 2.45) is 5.41 Å². The van der Waals surface area contributed by atoms with Crippen LogP contribution < -0.4 is 5.32 Å². The predicted molar refractivity (Wildman–Crippen MR) is 86.9 cm³/mol. The molecular formula is C18H20N2O3. The molecule has 0 unspecified atom stereocenters. The molecule has 0 atom stereocenters. The molecule has 0 spiro atoms. The Bertz CT molecular complexity index is 702. The zero-order valence-corrected chi connectivity index (χ0v) is 12.8. The van der Waals surface area contributed by atoms with Crippen LogP contribution >= 0.6 is 0 Å². The van der Waals surface area contributed by atoms with Gasteiger partial charge in [0.05, 0.1) is 5.41 Å². The van der Waals surface area contributed by atoms with Crippen LogP contribution in [0.3, 0.4) is 0 Å². The number of aryl methyl sites for hydroxylation is 1. The van der Waals surface area contributed by atoms with Gasteiger partial charge in [-0.15, -0.1) is 0 Å². The van der Waals surface area contributed by atoms with Gasteiger partial charge >= 0.3 is 5.97 Å². The largest absolute Gasteiger partial charge is 0.481 e. The molecule has 1 aromatic carbocycles. The molecule has 1 amide bonds. The molecule has 0 saturated heterocycles. The summed E-state index contributed by atoms with van der Waals surface area (Å²) in [5.41, 5.74) is 2.44. The summed E-state index contributed by atoms with van der Waals surface area (Å²) < 4.78 is 0. The fraction of sp³-hybridized carbons (Fsp3) is 0.333. The van der Waals surface area contributed by atoms with Gasteiger partial charge in [-0.25, -0.2) is 0 Å². The van der Waals surface area contributed by atoms with Crippen molar-refractivity contribution in [3.8, 4) is 11.3 Å². The molecule has 1 heterocycles. The Hall–Kier alpha value is -2.56. The van der Waals surface area contributed by atoms with Crippen LogP contribution in [0, 0.1) is 5.41 Å². The number of aliphatic carboxylic acids is 1. The molecule has 3 rings (SSSR count). The first kappa shape index (κ1) is 15.3. The van der Waals surface area contributed by atoms with Crippen LogP contribution in [-0.4, -0.2) is 28.5 Å². The van der Waals surface area contributed by atoms with Gasteiger partial charge in [0.25, 0.3) is 0 Å². The molecule has 23 heavy (non-hydrogen) atoms. The van der Waals surface area contributed by atoms with Gasteiger partial charge in [-0.05, 0) is 37.0 Å². The molecule has 1 aliphatic rings. The summed E-state index contributed by atoms with van der Waals surface area (Å²) in [4.78, 5) is 26.2. The molecule has 1 aliphatic carbocycles. The van der Waals surface area contributed by atoms with Crippen LogP contribution in [0.15, 0.2) is 42.5 Å². The maximum absolute atomic E-state index is 11.9. The van der Waals surface area contributed by atoms with E-state index in [2.05, 4.69) is 10.3 Å². The van der Waals surface area contributed by atoms with Crippen LogP contribution in [0.25, 0.3) is 11.3 Å². The molecule has 0 bridgehead atoms. The number of carbonyl (C=O) groups is 2. The number of carbonyl (C=O) groups excluding carboxylic acids is 1. The van der Waals surface area contributed by atoms with Crippen molar-refractivity contribution < 1.29 is 14.7 Å². The smallest absolute Gasteiger partial charge is 0.311 e. The molecule has 3 N–H and O–H groups in total. The standard InChI is InChI=1S/C18H20N2O3/c21-16(19-12-18(10-11-18)17(22)23)9-7-14-6-8-15(20-14)13-4-2-1-3-5-13/h1-6,8,20H,7,9-12H2,(H,19,21)(H,22,23). The predicted octanol–water partition coefficient (Wildman–Crippen LogP) is 2.60. The molecule has 5 heteroatoms. The lowest BCUT2D eigenvalue weighted by molar-refractivity contribution is -0.143. The number of aromatic nitrogens is 1. The van der Waals surface area contributed by atoms with Gasteiger partial charge < -0.3 is 15.4 Å². The van der Waals surface area contributed by atoms with E-state index < -0.39 is 11.4 Å². The second-order valence-corrected chi connectivity index (χ2v) is 6.13. The average molecular weight is 312 g/mol. The second kappa shape index (κ2) is 6.28. The van der Waals surface area contributed by atoms with Gasteiger partial charge in [-0.1, -0.05) is 30.3 Å². The second-order valence-electron chi connectivity index (χ2n) is 6.13. The SMILES string of the molecule is O=C(CCc1ccc(-c2ccccc2)[nH]1)NCC1(C(=O)O)CC1. The van der Waals surface area contributed by atoms with Crippen LogP contribution in [0.5, 0.6) is 0 Å². The maximum Gasteiger partial charge on any atom is 0.311 e. The number of carboxylic acids is 1. The molecule has 1 aromatic heterocycles. The Kier molecular flexibility index (Phi) is 4.19. The molecule has 1 fully saturated rings. The molecule has 2 aromatic rings. The summed E-state index contributed by atoms with van der Waals surface area (Å²) in [5, 5.41) is 11.8. The molecule has 0 aliphatic heterocycles. The van der Waals surface area contributed by atoms with E-state index in [-0.39, 0.29) is 12.5 Å². The first-order valence-electron chi connectivity index (χ1n) is 7.82. The van der Waals surface area contributed by atoms with E-state index in [0.717, 1.165) is 17.0 Å². The van der Waals surface area contributed by atoms with Crippen molar-refractivity contribution in [3.63, 3.8) is 0 Å². The molecule has 0 radical (unpaired) electrons. The fourth-order valence-electron chi connectivity index (χ4n) is 2.59. The summed E-state index contributed by atoms with van der Waals surface area (Å²) in [5.74, 6) is -0.914. The van der Waals surface area contributed by atoms with E-state index in [9.17, 15) is 9.59 Å². The highest BCUT2D eigenvalue weighted by Crippen LogP contribution is 2.45. The van der Waals surface area contributed by atoms with Crippen LogP contribution in [0.1, 0.15) is 25.0 Å². The third kappa shape index (κ3) is 3.62. The molecular weight excluding hydrogens is 292 g/mol. The Morgan fingerprint density at radius 3 is 2.52 bits per heavy atom. The van der Waals surface area contributed by atoms with Crippen LogP contribution in [0.4, 0.5) is 0 Å². The summed E-state index contributed by atoms with van der Waals surface area (Å²) >= 11 is 0. The average Bonchev–Trinajstić information content (AvgIpc) is 3.22.